The third kappa shape index (κ3) is 2.35. The third-order valence-corrected chi connectivity index (χ3v) is 4.87. The van der Waals surface area contributed by atoms with Crippen LogP contribution in [0.2, 0.25) is 0 Å². The number of carbonyl (C=O) groups excluding carboxylic acids is 1. The molecular weight excluding hydrogens is 248 g/mol. The highest BCUT2D eigenvalue weighted by Gasteiger charge is 2.40. The molecule has 1 aromatic rings. The lowest BCUT2D eigenvalue weighted by molar-refractivity contribution is 0.0555. The summed E-state index contributed by atoms with van der Waals surface area (Å²) in [5, 5.41) is 3.45. The molecule has 2 heterocycles. The highest BCUT2D eigenvalue weighted by atomic mass is 16.2. The number of hydrogen-bond acceptors (Lipinski definition) is 2. The van der Waals surface area contributed by atoms with Crippen LogP contribution in [0.15, 0.2) is 24.3 Å². The maximum absolute atomic E-state index is 12.8. The summed E-state index contributed by atoms with van der Waals surface area (Å²) in [7, 11) is 0. The topological polar surface area (TPSA) is 32.3 Å². The van der Waals surface area contributed by atoms with Gasteiger partial charge in [-0.15, -0.1) is 0 Å². The van der Waals surface area contributed by atoms with Crippen molar-refractivity contribution in [2.45, 2.75) is 39.2 Å². The van der Waals surface area contributed by atoms with Crippen molar-refractivity contribution in [3.63, 3.8) is 0 Å². The first-order valence-corrected chi connectivity index (χ1v) is 7.71. The summed E-state index contributed by atoms with van der Waals surface area (Å²) < 4.78 is 0. The number of carbonyl (C=O) groups is 1. The molecule has 2 aliphatic heterocycles. The number of benzene rings is 1. The van der Waals surface area contributed by atoms with Crippen molar-refractivity contribution in [2.75, 3.05) is 19.6 Å². The van der Waals surface area contributed by atoms with E-state index in [9.17, 15) is 4.79 Å². The van der Waals surface area contributed by atoms with E-state index in [1.54, 1.807) is 0 Å². The van der Waals surface area contributed by atoms with Gasteiger partial charge in [-0.25, -0.2) is 0 Å². The number of nitrogens with one attached hydrogen (secondary N) is 1. The van der Waals surface area contributed by atoms with Crippen LogP contribution in [-0.2, 0) is 6.42 Å². The first-order valence-electron chi connectivity index (χ1n) is 7.71. The fourth-order valence-electron chi connectivity index (χ4n) is 3.64. The van der Waals surface area contributed by atoms with Crippen LogP contribution < -0.4 is 5.32 Å². The van der Waals surface area contributed by atoms with Gasteiger partial charge in [-0.1, -0.05) is 18.2 Å². The SMILES string of the molecule is CC(C)N1CC2(CCNCC2)Cc2ccccc2C1=O. The van der Waals surface area contributed by atoms with Gasteiger partial charge in [0.1, 0.15) is 0 Å². The number of fused-ring (bicyclic) bond motifs is 1. The van der Waals surface area contributed by atoms with Crippen molar-refractivity contribution < 1.29 is 4.79 Å². The predicted octanol–water partition coefficient (Wildman–Crippen LogP) is 2.46. The molecule has 0 bridgehead atoms. The number of hydrogen-bond donors (Lipinski definition) is 1. The van der Waals surface area contributed by atoms with Crippen molar-refractivity contribution in [1.82, 2.24) is 10.2 Å². The maximum atomic E-state index is 12.8. The molecule has 0 saturated carbocycles. The summed E-state index contributed by atoms with van der Waals surface area (Å²) in [5.41, 5.74) is 2.41. The first-order chi connectivity index (χ1) is 9.61. The van der Waals surface area contributed by atoms with E-state index in [1.165, 1.54) is 5.56 Å². The van der Waals surface area contributed by atoms with Crippen LogP contribution in [0.4, 0.5) is 0 Å². The average molecular weight is 272 g/mol. The summed E-state index contributed by atoms with van der Waals surface area (Å²) in [6.45, 7) is 7.30. The Bertz CT molecular complexity index is 503. The molecule has 0 unspecified atom stereocenters. The standard InChI is InChI=1S/C17H24N2O/c1-13(2)19-12-17(7-9-18-10-8-17)11-14-5-3-4-6-15(14)16(19)20/h3-6,13,18H,7-12H2,1-2H3. The van der Waals surface area contributed by atoms with Gasteiger partial charge in [0.05, 0.1) is 0 Å². The smallest absolute Gasteiger partial charge is 0.254 e. The Kier molecular flexibility index (Phi) is 3.55. The molecule has 3 heteroatoms. The lowest BCUT2D eigenvalue weighted by atomic mass is 9.74. The zero-order valence-corrected chi connectivity index (χ0v) is 12.5. The fourth-order valence-corrected chi connectivity index (χ4v) is 3.64. The van der Waals surface area contributed by atoms with E-state index in [2.05, 4.69) is 36.2 Å². The van der Waals surface area contributed by atoms with E-state index >= 15 is 0 Å². The molecule has 3 rings (SSSR count). The highest BCUT2D eigenvalue weighted by Crippen LogP contribution is 2.38. The van der Waals surface area contributed by atoms with Crippen molar-refractivity contribution in [3.05, 3.63) is 35.4 Å². The zero-order chi connectivity index (χ0) is 14.2. The van der Waals surface area contributed by atoms with Crippen LogP contribution in [0, 0.1) is 5.41 Å². The summed E-state index contributed by atoms with van der Waals surface area (Å²) >= 11 is 0. The molecule has 0 atom stereocenters. The second-order valence-electron chi connectivity index (χ2n) is 6.61. The summed E-state index contributed by atoms with van der Waals surface area (Å²) in [5.74, 6) is 0.214. The van der Waals surface area contributed by atoms with Crippen LogP contribution in [-0.4, -0.2) is 36.5 Å². The Morgan fingerprint density at radius 2 is 1.90 bits per heavy atom. The molecule has 1 aromatic carbocycles. The molecular formula is C17H24N2O. The Hall–Kier alpha value is -1.35. The van der Waals surface area contributed by atoms with Gasteiger partial charge in [0.2, 0.25) is 0 Å². The van der Waals surface area contributed by atoms with Gasteiger partial charge in [-0.2, -0.15) is 0 Å². The molecule has 3 nitrogen and oxygen atoms in total. The molecule has 0 aliphatic carbocycles. The maximum Gasteiger partial charge on any atom is 0.254 e. The van der Waals surface area contributed by atoms with E-state index in [4.69, 9.17) is 0 Å². The zero-order valence-electron chi connectivity index (χ0n) is 12.5. The van der Waals surface area contributed by atoms with Gasteiger partial charge in [-0.3, -0.25) is 4.79 Å². The Morgan fingerprint density at radius 1 is 1.20 bits per heavy atom. The Labute approximate surface area is 121 Å². The molecule has 0 radical (unpaired) electrons. The minimum Gasteiger partial charge on any atom is -0.336 e. The Morgan fingerprint density at radius 3 is 2.60 bits per heavy atom. The Balaban J connectivity index is 2.03. The largest absolute Gasteiger partial charge is 0.336 e. The normalized spacial score (nSPS) is 21.9. The van der Waals surface area contributed by atoms with Gasteiger partial charge in [0.15, 0.2) is 0 Å². The van der Waals surface area contributed by atoms with Crippen LogP contribution >= 0.6 is 0 Å². The lowest BCUT2D eigenvalue weighted by Crippen LogP contribution is -2.48. The molecule has 108 valence electrons. The van der Waals surface area contributed by atoms with Crippen LogP contribution in [0.1, 0.15) is 42.6 Å². The van der Waals surface area contributed by atoms with Gasteiger partial charge in [-0.05, 0) is 63.2 Å². The van der Waals surface area contributed by atoms with E-state index in [-0.39, 0.29) is 17.4 Å². The number of nitrogens with zero attached hydrogens (tertiary/aromatic N) is 1. The number of rotatable bonds is 1. The van der Waals surface area contributed by atoms with E-state index in [0.717, 1.165) is 44.5 Å². The highest BCUT2D eigenvalue weighted by molar-refractivity contribution is 5.96. The van der Waals surface area contributed by atoms with Gasteiger partial charge in [0, 0.05) is 18.2 Å². The molecule has 1 N–H and O–H groups in total. The predicted molar refractivity (Wildman–Crippen MR) is 80.9 cm³/mol. The average Bonchev–Trinajstić information content (AvgIpc) is 2.56. The number of amides is 1. The van der Waals surface area contributed by atoms with Gasteiger partial charge < -0.3 is 10.2 Å². The second-order valence-corrected chi connectivity index (χ2v) is 6.61. The molecule has 0 aromatic heterocycles. The third-order valence-electron chi connectivity index (χ3n) is 4.87. The van der Waals surface area contributed by atoms with Crippen LogP contribution in [0.25, 0.3) is 0 Å². The van der Waals surface area contributed by atoms with Crippen LogP contribution in [0.5, 0.6) is 0 Å². The van der Waals surface area contributed by atoms with Crippen molar-refractivity contribution >= 4 is 5.91 Å². The minimum atomic E-state index is 0.214. The lowest BCUT2D eigenvalue weighted by Gasteiger charge is -2.41. The van der Waals surface area contributed by atoms with E-state index in [0.29, 0.717) is 0 Å². The van der Waals surface area contributed by atoms with Gasteiger partial charge in [0.25, 0.3) is 5.91 Å². The van der Waals surface area contributed by atoms with Crippen LogP contribution in [0.3, 0.4) is 0 Å². The fraction of sp³-hybridized carbons (Fsp3) is 0.588. The van der Waals surface area contributed by atoms with E-state index < -0.39 is 0 Å². The summed E-state index contributed by atoms with van der Waals surface area (Å²) in [4.78, 5) is 14.9. The molecule has 1 spiro atoms. The minimum absolute atomic E-state index is 0.214. The quantitative estimate of drug-likeness (QED) is 0.852. The van der Waals surface area contributed by atoms with Crippen molar-refractivity contribution in [2.24, 2.45) is 5.41 Å². The monoisotopic (exact) mass is 272 g/mol. The molecule has 2 aliphatic rings. The van der Waals surface area contributed by atoms with E-state index in [1.807, 2.05) is 12.1 Å². The van der Waals surface area contributed by atoms with Crippen molar-refractivity contribution in [1.29, 1.82) is 0 Å². The molecule has 1 amide bonds. The van der Waals surface area contributed by atoms with Crippen molar-refractivity contribution in [3.8, 4) is 0 Å². The second kappa shape index (κ2) is 5.21. The molecule has 1 fully saturated rings. The summed E-state index contributed by atoms with van der Waals surface area (Å²) in [6, 6.07) is 8.44. The first kappa shape index (κ1) is 13.6. The summed E-state index contributed by atoms with van der Waals surface area (Å²) in [6.07, 6.45) is 3.37. The number of piperidine rings is 1. The molecule has 20 heavy (non-hydrogen) atoms. The molecule has 1 saturated heterocycles. The van der Waals surface area contributed by atoms with Gasteiger partial charge >= 0.3 is 0 Å².